The minimum atomic E-state index is -1.47. The molecular formula is C37H38FN3O3S. The summed E-state index contributed by atoms with van der Waals surface area (Å²) in [5.74, 6) is 0.127. The van der Waals surface area contributed by atoms with Gasteiger partial charge in [-0.3, -0.25) is 4.79 Å². The first-order valence-electron chi connectivity index (χ1n) is 16.1. The Hall–Kier alpha value is -3.33. The molecule has 3 saturated carbocycles. The first-order chi connectivity index (χ1) is 21.6. The Labute approximate surface area is 266 Å². The van der Waals surface area contributed by atoms with Crippen molar-refractivity contribution in [2.24, 2.45) is 28.6 Å². The molecule has 8 rings (SSSR count). The molecule has 0 radical (unpaired) electrons. The second kappa shape index (κ2) is 10.3. The molecule has 0 unspecified atom stereocenters. The van der Waals surface area contributed by atoms with Crippen LogP contribution in [0.3, 0.4) is 0 Å². The van der Waals surface area contributed by atoms with Crippen LogP contribution in [0.15, 0.2) is 77.5 Å². The molecule has 4 aliphatic carbocycles. The number of rotatable bonds is 5. The van der Waals surface area contributed by atoms with E-state index in [1.807, 2.05) is 47.3 Å². The van der Waals surface area contributed by atoms with Crippen LogP contribution in [-0.4, -0.2) is 48.2 Å². The van der Waals surface area contributed by atoms with Gasteiger partial charge in [-0.2, -0.15) is 5.10 Å². The van der Waals surface area contributed by atoms with Gasteiger partial charge in [0.2, 0.25) is 0 Å². The minimum Gasteiger partial charge on any atom is -0.393 e. The van der Waals surface area contributed by atoms with Crippen LogP contribution in [0.2, 0.25) is 0 Å². The molecule has 0 amide bonds. The lowest BCUT2D eigenvalue weighted by Crippen LogP contribution is -2.62. The molecule has 0 spiro atoms. The van der Waals surface area contributed by atoms with Crippen LogP contribution in [0.25, 0.3) is 22.7 Å². The summed E-state index contributed by atoms with van der Waals surface area (Å²) in [5.41, 5.74) is 2.80. The summed E-state index contributed by atoms with van der Waals surface area (Å²) in [6.45, 7) is 4.35. The van der Waals surface area contributed by atoms with E-state index in [1.165, 1.54) is 29.5 Å². The zero-order valence-corrected chi connectivity index (χ0v) is 26.4. The van der Waals surface area contributed by atoms with Gasteiger partial charge in [0.15, 0.2) is 5.78 Å². The number of halogens is 1. The fraction of sp³-hybridized carbons (Fsp3) is 0.432. The lowest BCUT2D eigenvalue weighted by Gasteiger charge is -2.60. The maximum atomic E-state index is 13.9. The van der Waals surface area contributed by atoms with E-state index in [-0.39, 0.29) is 40.5 Å². The quantitative estimate of drug-likeness (QED) is 0.238. The maximum Gasteiger partial charge on any atom is 0.175 e. The number of benzene rings is 2. The zero-order chi connectivity index (χ0) is 31.1. The van der Waals surface area contributed by atoms with Crippen molar-refractivity contribution < 1.29 is 19.4 Å². The van der Waals surface area contributed by atoms with E-state index in [4.69, 9.17) is 4.98 Å². The molecule has 45 heavy (non-hydrogen) atoms. The normalized spacial score (nSPS) is 33.6. The second-order valence-corrected chi connectivity index (χ2v) is 15.2. The lowest BCUT2D eigenvalue weighted by atomic mass is 9.45. The van der Waals surface area contributed by atoms with Crippen molar-refractivity contribution in [3.63, 3.8) is 0 Å². The Kier molecular flexibility index (Phi) is 6.69. The molecule has 232 valence electrons. The first-order valence-corrected chi connectivity index (χ1v) is 17.1. The molecule has 7 atom stereocenters. The third-order valence-corrected chi connectivity index (χ3v) is 13.0. The monoisotopic (exact) mass is 623 g/mol. The van der Waals surface area contributed by atoms with Gasteiger partial charge in [0.05, 0.1) is 40.0 Å². The van der Waals surface area contributed by atoms with Crippen LogP contribution in [0.4, 0.5) is 4.39 Å². The van der Waals surface area contributed by atoms with E-state index in [0.717, 1.165) is 58.6 Å². The van der Waals surface area contributed by atoms with Gasteiger partial charge in [-0.15, -0.1) is 0 Å². The minimum absolute atomic E-state index is 0.0338. The van der Waals surface area contributed by atoms with Gasteiger partial charge in [0, 0.05) is 10.8 Å². The molecule has 8 heteroatoms. The Balaban J connectivity index is 1.04. The van der Waals surface area contributed by atoms with Crippen LogP contribution in [0, 0.1) is 34.4 Å². The number of allylic oxidation sites excluding steroid dienone is 1. The van der Waals surface area contributed by atoms with Gasteiger partial charge in [-0.1, -0.05) is 55.4 Å². The number of para-hydroxylation sites is 1. The average Bonchev–Trinajstić information content (AvgIpc) is 3.55. The fourth-order valence-electron chi connectivity index (χ4n) is 9.82. The highest BCUT2D eigenvalue weighted by Crippen LogP contribution is 2.67. The summed E-state index contributed by atoms with van der Waals surface area (Å²) in [4.78, 5) is 18.6. The lowest BCUT2D eigenvalue weighted by molar-refractivity contribution is -0.177. The van der Waals surface area contributed by atoms with Gasteiger partial charge in [-0.25, -0.2) is 14.1 Å². The van der Waals surface area contributed by atoms with Gasteiger partial charge >= 0.3 is 0 Å². The third-order valence-electron chi connectivity index (χ3n) is 12.0. The van der Waals surface area contributed by atoms with E-state index in [1.54, 1.807) is 12.1 Å². The van der Waals surface area contributed by atoms with E-state index in [9.17, 15) is 19.4 Å². The van der Waals surface area contributed by atoms with E-state index in [2.05, 4.69) is 25.0 Å². The number of carbonyl (C=O) groups is 1. The molecule has 0 saturated heterocycles. The number of Topliss-reactive ketones (excluding diaryl/α,β-unsaturated/α-hetero) is 1. The Morgan fingerprint density at radius 3 is 2.71 bits per heavy atom. The maximum absolute atomic E-state index is 13.9. The van der Waals surface area contributed by atoms with Crippen molar-refractivity contribution in [2.45, 2.75) is 69.1 Å². The highest BCUT2D eigenvalue weighted by molar-refractivity contribution is 7.99. The molecule has 6 nitrogen and oxygen atoms in total. The zero-order valence-electron chi connectivity index (χ0n) is 25.6. The van der Waals surface area contributed by atoms with Crippen LogP contribution < -0.4 is 0 Å². The summed E-state index contributed by atoms with van der Waals surface area (Å²) in [7, 11) is 0. The number of fused-ring (bicyclic) bond motifs is 7. The van der Waals surface area contributed by atoms with Crippen molar-refractivity contribution in [2.75, 3.05) is 5.75 Å². The van der Waals surface area contributed by atoms with E-state index in [0.29, 0.717) is 12.8 Å². The Bertz CT molecular complexity index is 1860. The molecule has 2 aromatic heterocycles. The van der Waals surface area contributed by atoms with Crippen molar-refractivity contribution in [1.82, 2.24) is 14.8 Å². The van der Waals surface area contributed by atoms with Crippen LogP contribution in [0.1, 0.15) is 57.2 Å². The molecule has 0 aliphatic heterocycles. The third kappa shape index (κ3) is 4.32. The summed E-state index contributed by atoms with van der Waals surface area (Å²) < 4.78 is 15.5. The Morgan fingerprint density at radius 2 is 1.89 bits per heavy atom. The number of aromatic nitrogens is 3. The molecule has 4 aromatic rings. The number of pyridine rings is 1. The number of hydrogen-bond acceptors (Lipinski definition) is 6. The molecule has 3 fully saturated rings. The largest absolute Gasteiger partial charge is 0.393 e. The van der Waals surface area contributed by atoms with Crippen molar-refractivity contribution in [3.05, 3.63) is 89.5 Å². The highest BCUT2D eigenvalue weighted by Gasteiger charge is 2.68. The molecule has 2 aromatic carbocycles. The topological polar surface area (TPSA) is 88.2 Å². The molecule has 2 N–H and O–H groups in total. The number of nitrogens with zero attached hydrogens (tertiary/aromatic N) is 3. The van der Waals surface area contributed by atoms with E-state index >= 15 is 0 Å². The number of hydrogen-bond donors (Lipinski definition) is 2. The summed E-state index contributed by atoms with van der Waals surface area (Å²) in [6.07, 6.45) is 7.75. The predicted octanol–water partition coefficient (Wildman–Crippen LogP) is 6.81. The van der Waals surface area contributed by atoms with Gasteiger partial charge in [-0.05, 0) is 110 Å². The van der Waals surface area contributed by atoms with E-state index < -0.39 is 17.1 Å². The molecule has 4 aliphatic rings. The standard InChI is InChI=1S/C37H38FN3O3S/c1-35-18-23-20-39-41(26-11-9-25(38)10-12-26)30(23)17-24(35)8-13-27-28-15-16-37(44,36(28,2)19-31(42)34(27)35)32(43)21-45-33-14-7-22-5-3-4-6-29(22)40-33/h3-7,9-12,14,17,20,27-28,31,34,42,44H,8,13,15-16,18-19,21H2,1-2H3/t27-,28-,31-,34+,35-,36-,37-/m0/s1. The first kappa shape index (κ1) is 29.1. The smallest absolute Gasteiger partial charge is 0.175 e. The van der Waals surface area contributed by atoms with Crippen LogP contribution >= 0.6 is 11.8 Å². The highest BCUT2D eigenvalue weighted by atomic mass is 32.2. The summed E-state index contributed by atoms with van der Waals surface area (Å²) in [6, 6.07) is 18.3. The molecule has 0 bridgehead atoms. The number of aliphatic hydroxyl groups is 2. The van der Waals surface area contributed by atoms with Crippen molar-refractivity contribution in [1.29, 1.82) is 0 Å². The summed E-state index contributed by atoms with van der Waals surface area (Å²) >= 11 is 1.38. The second-order valence-electron chi connectivity index (χ2n) is 14.2. The average molecular weight is 624 g/mol. The fourth-order valence-corrected chi connectivity index (χ4v) is 10.7. The van der Waals surface area contributed by atoms with Gasteiger partial charge < -0.3 is 10.2 Å². The molecule has 2 heterocycles. The summed E-state index contributed by atoms with van der Waals surface area (Å²) in [5, 5.41) is 30.7. The van der Waals surface area contributed by atoms with Crippen LogP contribution in [0.5, 0.6) is 0 Å². The SMILES string of the molecule is C[C@]12Cc3cnn(-c4ccc(F)cc4)c3C=C1CC[C@@H]1[C@@H]2[C@@H](O)C[C@@]2(C)[C@H]1CC[C@]2(O)C(=O)CSc1ccc2ccccc2n1. The van der Waals surface area contributed by atoms with Crippen LogP contribution in [-0.2, 0) is 11.2 Å². The van der Waals surface area contributed by atoms with Gasteiger partial charge in [0.1, 0.15) is 11.4 Å². The molecular weight excluding hydrogens is 585 g/mol. The Morgan fingerprint density at radius 1 is 1.09 bits per heavy atom. The number of thioether (sulfide) groups is 1. The number of aliphatic hydroxyl groups excluding tert-OH is 1. The number of carbonyl (C=O) groups excluding carboxylic acids is 1. The number of ketones is 1. The van der Waals surface area contributed by atoms with Crippen molar-refractivity contribution >= 4 is 34.5 Å². The predicted molar refractivity (Wildman–Crippen MR) is 173 cm³/mol. The van der Waals surface area contributed by atoms with Crippen molar-refractivity contribution in [3.8, 4) is 5.69 Å². The van der Waals surface area contributed by atoms with Gasteiger partial charge in [0.25, 0.3) is 0 Å².